The van der Waals surface area contributed by atoms with E-state index < -0.39 is 5.56 Å². The second kappa shape index (κ2) is 9.99. The summed E-state index contributed by atoms with van der Waals surface area (Å²) >= 11 is 0. The number of amides is 2. The van der Waals surface area contributed by atoms with Crippen LogP contribution in [0.1, 0.15) is 25.1 Å². The van der Waals surface area contributed by atoms with Gasteiger partial charge in [-0.1, -0.05) is 6.08 Å². The van der Waals surface area contributed by atoms with Crippen LogP contribution in [0.3, 0.4) is 0 Å². The third-order valence-electron chi connectivity index (χ3n) is 4.90. The van der Waals surface area contributed by atoms with Crippen LogP contribution in [-0.4, -0.2) is 49.9 Å². The zero-order chi connectivity index (χ0) is 23.3. The van der Waals surface area contributed by atoms with Gasteiger partial charge >= 0.3 is 0 Å². The average Bonchev–Trinajstić information content (AvgIpc) is 3.04. The summed E-state index contributed by atoms with van der Waals surface area (Å²) in [6, 6.07) is 4.32. The van der Waals surface area contributed by atoms with E-state index in [0.717, 1.165) is 5.52 Å². The fourth-order valence-corrected chi connectivity index (χ4v) is 3.09. The fourth-order valence-electron chi connectivity index (χ4n) is 3.09. The summed E-state index contributed by atoms with van der Waals surface area (Å²) in [7, 11) is 5.11. The molecule has 168 valence electrons. The van der Waals surface area contributed by atoms with Crippen molar-refractivity contribution in [1.82, 2.24) is 24.0 Å². The van der Waals surface area contributed by atoms with E-state index in [9.17, 15) is 18.8 Å². The highest BCUT2D eigenvalue weighted by molar-refractivity contribution is 5.90. The maximum atomic E-state index is 13.5. The van der Waals surface area contributed by atoms with E-state index in [-0.39, 0.29) is 36.3 Å². The zero-order valence-corrected chi connectivity index (χ0v) is 18.2. The number of benzene rings is 1. The van der Waals surface area contributed by atoms with E-state index in [1.165, 1.54) is 40.2 Å². The van der Waals surface area contributed by atoms with E-state index in [1.54, 1.807) is 37.9 Å². The molecule has 0 bridgehead atoms. The Morgan fingerprint density at radius 1 is 1.28 bits per heavy atom. The van der Waals surface area contributed by atoms with Gasteiger partial charge in [0.05, 0.1) is 30.1 Å². The molecule has 0 spiro atoms. The number of aromatic nitrogens is 4. The molecule has 32 heavy (non-hydrogen) atoms. The molecule has 3 aromatic rings. The molecule has 2 amide bonds. The lowest BCUT2D eigenvalue weighted by Gasteiger charge is -2.09. The molecule has 0 unspecified atom stereocenters. The number of carbonyl (C=O) groups is 2. The molecule has 1 aromatic carbocycles. The van der Waals surface area contributed by atoms with Crippen LogP contribution in [0.25, 0.3) is 11.0 Å². The van der Waals surface area contributed by atoms with Gasteiger partial charge in [0, 0.05) is 33.6 Å². The summed E-state index contributed by atoms with van der Waals surface area (Å²) in [4.78, 5) is 46.3. The Morgan fingerprint density at radius 3 is 2.81 bits per heavy atom. The highest BCUT2D eigenvalue weighted by atomic mass is 19.1. The molecular weight excluding hydrogens is 415 g/mol. The van der Waals surface area contributed by atoms with Crippen molar-refractivity contribution in [1.29, 1.82) is 0 Å². The largest absolute Gasteiger partial charge is 0.345 e. The topological polar surface area (TPSA) is 102 Å². The molecule has 0 saturated heterocycles. The Labute approximate surface area is 184 Å². The first-order chi connectivity index (χ1) is 15.3. The maximum absolute atomic E-state index is 13.5. The SMILES string of the molecule is CN(C)C(=O)/C=C/CCCC(=O)Nc1cncn(Cc2nc3cc(F)ccc3n2C)c1=O. The summed E-state index contributed by atoms with van der Waals surface area (Å²) in [5.74, 6) is -0.259. The Bertz CT molecular complexity index is 1230. The zero-order valence-electron chi connectivity index (χ0n) is 18.2. The van der Waals surface area contributed by atoms with Gasteiger partial charge in [0.2, 0.25) is 11.8 Å². The second-order valence-corrected chi connectivity index (χ2v) is 7.54. The highest BCUT2D eigenvalue weighted by Gasteiger charge is 2.13. The number of imidazole rings is 1. The van der Waals surface area contributed by atoms with Crippen LogP contribution < -0.4 is 10.9 Å². The van der Waals surface area contributed by atoms with Gasteiger partial charge in [-0.05, 0) is 31.1 Å². The van der Waals surface area contributed by atoms with E-state index in [4.69, 9.17) is 0 Å². The smallest absolute Gasteiger partial charge is 0.277 e. The number of carbonyl (C=O) groups excluding carboxylic acids is 2. The lowest BCUT2D eigenvalue weighted by atomic mass is 10.2. The predicted octanol–water partition coefficient (Wildman–Crippen LogP) is 2.07. The number of halogens is 1. The van der Waals surface area contributed by atoms with Crippen LogP contribution in [0.2, 0.25) is 0 Å². The van der Waals surface area contributed by atoms with Crippen LogP contribution >= 0.6 is 0 Å². The van der Waals surface area contributed by atoms with Crippen LogP contribution in [0.5, 0.6) is 0 Å². The summed E-state index contributed by atoms with van der Waals surface area (Å²) in [6.45, 7) is 0.118. The number of nitrogens with zero attached hydrogens (tertiary/aromatic N) is 5. The van der Waals surface area contributed by atoms with Gasteiger partial charge in [-0.15, -0.1) is 0 Å². The van der Waals surface area contributed by atoms with Crippen molar-refractivity contribution in [2.75, 3.05) is 19.4 Å². The van der Waals surface area contributed by atoms with Crippen molar-refractivity contribution in [3.05, 3.63) is 64.9 Å². The van der Waals surface area contributed by atoms with Crippen LogP contribution in [-0.2, 0) is 23.2 Å². The lowest BCUT2D eigenvalue weighted by Crippen LogP contribution is -2.27. The number of hydrogen-bond acceptors (Lipinski definition) is 5. The quantitative estimate of drug-likeness (QED) is 0.427. The number of anilines is 1. The molecule has 0 atom stereocenters. The molecule has 2 heterocycles. The fraction of sp³-hybridized carbons (Fsp3) is 0.318. The van der Waals surface area contributed by atoms with Gasteiger partial charge in [-0.2, -0.15) is 0 Å². The van der Waals surface area contributed by atoms with Crippen molar-refractivity contribution >= 4 is 28.5 Å². The van der Waals surface area contributed by atoms with Gasteiger partial charge in [0.1, 0.15) is 17.3 Å². The molecule has 1 N–H and O–H groups in total. The molecule has 0 saturated carbocycles. The minimum atomic E-state index is -0.414. The molecule has 0 radical (unpaired) electrons. The molecule has 0 aliphatic heterocycles. The summed E-state index contributed by atoms with van der Waals surface area (Å²) < 4.78 is 16.6. The Hall–Kier alpha value is -3.82. The lowest BCUT2D eigenvalue weighted by molar-refractivity contribution is -0.123. The number of likely N-dealkylation sites (N-methyl/N-ethyl adjacent to an activating group) is 1. The van der Waals surface area contributed by atoms with Crippen molar-refractivity contribution in [2.45, 2.75) is 25.8 Å². The third-order valence-corrected chi connectivity index (χ3v) is 4.90. The summed E-state index contributed by atoms with van der Waals surface area (Å²) in [5, 5.41) is 2.59. The third kappa shape index (κ3) is 5.45. The molecule has 9 nitrogen and oxygen atoms in total. The van der Waals surface area contributed by atoms with Crippen molar-refractivity contribution in [2.24, 2.45) is 7.05 Å². The monoisotopic (exact) mass is 440 g/mol. The summed E-state index contributed by atoms with van der Waals surface area (Å²) in [6.07, 6.45) is 7.15. The Morgan fingerprint density at radius 2 is 2.06 bits per heavy atom. The Kier molecular flexibility index (Phi) is 7.14. The standard InChI is InChI=1S/C22H25FN6O3/c1-27(2)21(31)8-6-4-5-7-20(30)26-17-12-24-14-29(22(17)32)13-19-25-16-11-15(23)9-10-18(16)28(19)3/h6,8-12,14H,4-5,7,13H2,1-3H3,(H,26,30)/b8-6+. The molecule has 0 fully saturated rings. The first-order valence-corrected chi connectivity index (χ1v) is 10.1. The number of unbranched alkanes of at least 4 members (excludes halogenated alkanes) is 1. The van der Waals surface area contributed by atoms with Crippen molar-refractivity contribution < 1.29 is 14.0 Å². The first-order valence-electron chi connectivity index (χ1n) is 10.1. The average molecular weight is 440 g/mol. The van der Waals surface area contributed by atoms with E-state index >= 15 is 0 Å². The predicted molar refractivity (Wildman–Crippen MR) is 119 cm³/mol. The highest BCUT2D eigenvalue weighted by Crippen LogP contribution is 2.16. The molecule has 0 aliphatic carbocycles. The number of allylic oxidation sites excluding steroid dienone is 1. The minimum Gasteiger partial charge on any atom is -0.345 e. The second-order valence-electron chi connectivity index (χ2n) is 7.54. The Balaban J connectivity index is 1.63. The number of rotatable bonds is 8. The van der Waals surface area contributed by atoms with Crippen molar-refractivity contribution in [3.8, 4) is 0 Å². The number of nitrogens with one attached hydrogen (secondary N) is 1. The van der Waals surface area contributed by atoms with Gasteiger partial charge in [-0.3, -0.25) is 19.0 Å². The van der Waals surface area contributed by atoms with E-state index in [2.05, 4.69) is 15.3 Å². The maximum Gasteiger partial charge on any atom is 0.277 e. The van der Waals surface area contributed by atoms with Crippen molar-refractivity contribution in [3.63, 3.8) is 0 Å². The normalized spacial score (nSPS) is 11.2. The molecule has 10 heteroatoms. The molecule has 0 aliphatic rings. The van der Waals surface area contributed by atoms with Gasteiger partial charge < -0.3 is 14.8 Å². The number of fused-ring (bicyclic) bond motifs is 1. The van der Waals surface area contributed by atoms with Crippen LogP contribution in [0.4, 0.5) is 10.1 Å². The van der Waals surface area contributed by atoms with E-state index in [1.807, 2.05) is 0 Å². The van der Waals surface area contributed by atoms with Gasteiger partial charge in [0.25, 0.3) is 5.56 Å². The molecular formula is C22H25FN6O3. The van der Waals surface area contributed by atoms with Gasteiger partial charge in [-0.25, -0.2) is 14.4 Å². The number of aryl methyl sites for hydroxylation is 1. The van der Waals surface area contributed by atoms with Crippen LogP contribution in [0, 0.1) is 5.82 Å². The summed E-state index contributed by atoms with van der Waals surface area (Å²) in [5.41, 5.74) is 0.895. The minimum absolute atomic E-state index is 0.0700. The molecule has 2 aromatic heterocycles. The first kappa shape index (κ1) is 22.9. The van der Waals surface area contributed by atoms with Crippen LogP contribution in [0.15, 0.2) is 47.7 Å². The van der Waals surface area contributed by atoms with Gasteiger partial charge in [0.15, 0.2) is 0 Å². The van der Waals surface area contributed by atoms with E-state index in [0.29, 0.717) is 24.2 Å². The molecule has 3 rings (SSSR count). The number of hydrogen-bond donors (Lipinski definition) is 1.